The fourth-order valence-corrected chi connectivity index (χ4v) is 2.76. The minimum atomic E-state index is -0.636. The summed E-state index contributed by atoms with van der Waals surface area (Å²) in [6, 6.07) is 7.68. The second-order valence-electron chi connectivity index (χ2n) is 3.88. The highest BCUT2D eigenvalue weighted by Gasteiger charge is 2.07. The molecule has 0 saturated heterocycles. The van der Waals surface area contributed by atoms with Crippen LogP contribution in [0.5, 0.6) is 0 Å². The first-order valence-electron chi connectivity index (χ1n) is 5.72. The number of hydrogen-bond acceptors (Lipinski definition) is 5. The monoisotopic (exact) mass is 367 g/mol. The van der Waals surface area contributed by atoms with Crippen LogP contribution in [0.4, 0.5) is 0 Å². The molecule has 8 heteroatoms. The molecule has 0 fully saturated rings. The van der Waals surface area contributed by atoms with Crippen LogP contribution in [0.3, 0.4) is 0 Å². The number of hydrogen-bond donors (Lipinski definition) is 3. The summed E-state index contributed by atoms with van der Waals surface area (Å²) in [4.78, 5) is 23.8. The molecule has 1 aromatic carbocycles. The van der Waals surface area contributed by atoms with Crippen LogP contribution in [-0.4, -0.2) is 23.2 Å². The molecule has 0 bridgehead atoms. The summed E-state index contributed by atoms with van der Waals surface area (Å²) in [5.41, 5.74) is 4.52. The van der Waals surface area contributed by atoms with Crippen molar-refractivity contribution in [2.24, 2.45) is 5.10 Å². The van der Waals surface area contributed by atoms with E-state index in [4.69, 9.17) is 5.21 Å². The molecule has 2 rings (SSSR count). The van der Waals surface area contributed by atoms with Gasteiger partial charge in [0, 0.05) is 25.9 Å². The van der Waals surface area contributed by atoms with Crippen LogP contribution in [-0.2, 0) is 0 Å². The number of thiophene rings is 1. The third-order valence-electron chi connectivity index (χ3n) is 2.46. The lowest BCUT2D eigenvalue weighted by atomic mass is 10.1. The second kappa shape index (κ2) is 7.11. The molecule has 21 heavy (non-hydrogen) atoms. The van der Waals surface area contributed by atoms with E-state index in [2.05, 4.69) is 26.5 Å². The van der Waals surface area contributed by atoms with E-state index in [1.165, 1.54) is 41.1 Å². The van der Waals surface area contributed by atoms with Crippen molar-refractivity contribution in [2.45, 2.75) is 0 Å². The van der Waals surface area contributed by atoms with Gasteiger partial charge in [-0.05, 0) is 46.3 Å². The Bertz CT molecular complexity index is 682. The summed E-state index contributed by atoms with van der Waals surface area (Å²) in [7, 11) is 0. The maximum atomic E-state index is 11.8. The Balaban J connectivity index is 1.97. The SMILES string of the molecule is O=C(NO)c1ccc(C(=O)NN=Cc2cc(Br)cs2)cc1. The van der Waals surface area contributed by atoms with Crippen molar-refractivity contribution in [1.29, 1.82) is 0 Å². The average molecular weight is 368 g/mol. The third-order valence-corrected chi connectivity index (χ3v) is 4.08. The fourth-order valence-electron chi connectivity index (χ4n) is 1.45. The van der Waals surface area contributed by atoms with Crippen LogP contribution in [0.25, 0.3) is 0 Å². The topological polar surface area (TPSA) is 90.8 Å². The van der Waals surface area contributed by atoms with Crippen LogP contribution >= 0.6 is 27.3 Å². The lowest BCUT2D eigenvalue weighted by Gasteiger charge is -2.01. The molecule has 0 aliphatic rings. The predicted molar refractivity (Wildman–Crippen MR) is 82.8 cm³/mol. The highest BCUT2D eigenvalue weighted by molar-refractivity contribution is 9.10. The van der Waals surface area contributed by atoms with Gasteiger partial charge in [-0.1, -0.05) is 0 Å². The number of hydroxylamine groups is 1. The third kappa shape index (κ3) is 4.22. The summed E-state index contributed by atoms with van der Waals surface area (Å²) >= 11 is 4.81. The number of nitrogens with one attached hydrogen (secondary N) is 2. The van der Waals surface area contributed by atoms with E-state index >= 15 is 0 Å². The molecule has 108 valence electrons. The van der Waals surface area contributed by atoms with Gasteiger partial charge in [0.1, 0.15) is 0 Å². The Morgan fingerprint density at radius 2 is 1.81 bits per heavy atom. The van der Waals surface area contributed by atoms with Crippen LogP contribution < -0.4 is 10.9 Å². The minimum Gasteiger partial charge on any atom is -0.288 e. The van der Waals surface area contributed by atoms with Gasteiger partial charge in [-0.3, -0.25) is 14.8 Å². The highest BCUT2D eigenvalue weighted by Crippen LogP contribution is 2.17. The van der Waals surface area contributed by atoms with Gasteiger partial charge in [-0.2, -0.15) is 5.10 Å². The lowest BCUT2D eigenvalue weighted by molar-refractivity contribution is 0.0706. The first-order valence-corrected chi connectivity index (χ1v) is 7.39. The molecule has 0 unspecified atom stereocenters. The van der Waals surface area contributed by atoms with Gasteiger partial charge in [0.25, 0.3) is 11.8 Å². The molecule has 2 amide bonds. The molecule has 0 atom stereocenters. The molecule has 1 aromatic heterocycles. The summed E-state index contributed by atoms with van der Waals surface area (Å²) in [6.07, 6.45) is 1.54. The van der Waals surface area contributed by atoms with Crippen molar-refractivity contribution in [3.63, 3.8) is 0 Å². The molecule has 0 spiro atoms. The molecule has 0 radical (unpaired) electrons. The molecule has 1 heterocycles. The van der Waals surface area contributed by atoms with E-state index in [9.17, 15) is 9.59 Å². The summed E-state index contributed by atoms with van der Waals surface area (Å²) in [6.45, 7) is 0. The Labute approximate surface area is 132 Å². The van der Waals surface area contributed by atoms with Crippen molar-refractivity contribution in [1.82, 2.24) is 10.9 Å². The van der Waals surface area contributed by atoms with Crippen LogP contribution in [0, 0.1) is 0 Å². The van der Waals surface area contributed by atoms with Gasteiger partial charge >= 0.3 is 0 Å². The number of rotatable bonds is 4. The number of carbonyl (C=O) groups excluding carboxylic acids is 2. The fraction of sp³-hybridized carbons (Fsp3) is 0. The number of hydrazone groups is 1. The van der Waals surface area contributed by atoms with E-state index in [1.807, 2.05) is 11.4 Å². The van der Waals surface area contributed by atoms with E-state index < -0.39 is 11.8 Å². The molecule has 0 aliphatic heterocycles. The summed E-state index contributed by atoms with van der Waals surface area (Å²) in [5, 5.41) is 14.3. The first kappa shape index (κ1) is 15.4. The Kier molecular flexibility index (Phi) is 5.20. The highest BCUT2D eigenvalue weighted by atomic mass is 79.9. The van der Waals surface area contributed by atoms with Crippen LogP contribution in [0.1, 0.15) is 25.6 Å². The van der Waals surface area contributed by atoms with Gasteiger partial charge < -0.3 is 0 Å². The molecular formula is C13H10BrN3O3S. The number of halogens is 1. The second-order valence-corrected chi connectivity index (χ2v) is 5.74. The average Bonchev–Trinajstić information content (AvgIpc) is 2.92. The number of nitrogens with zero attached hydrogens (tertiary/aromatic N) is 1. The molecule has 0 aliphatic carbocycles. The largest absolute Gasteiger partial charge is 0.288 e. The maximum Gasteiger partial charge on any atom is 0.274 e. The summed E-state index contributed by atoms with van der Waals surface area (Å²) in [5.74, 6) is -1.03. The lowest BCUT2D eigenvalue weighted by Crippen LogP contribution is -2.20. The van der Waals surface area contributed by atoms with Crippen molar-refractivity contribution in [3.8, 4) is 0 Å². The number of carbonyl (C=O) groups is 2. The van der Waals surface area contributed by atoms with Gasteiger partial charge in [-0.15, -0.1) is 11.3 Å². The first-order chi connectivity index (χ1) is 10.1. The molecule has 3 N–H and O–H groups in total. The van der Waals surface area contributed by atoms with Crippen LogP contribution in [0.15, 0.2) is 45.3 Å². The molecular weight excluding hydrogens is 358 g/mol. The van der Waals surface area contributed by atoms with Crippen LogP contribution in [0.2, 0.25) is 0 Å². The van der Waals surface area contributed by atoms with E-state index in [0.717, 1.165) is 9.35 Å². The van der Waals surface area contributed by atoms with Crippen molar-refractivity contribution < 1.29 is 14.8 Å². The minimum absolute atomic E-state index is 0.251. The normalized spacial score (nSPS) is 10.6. The summed E-state index contributed by atoms with van der Waals surface area (Å²) < 4.78 is 0.957. The molecule has 0 saturated carbocycles. The molecule has 2 aromatic rings. The van der Waals surface area contributed by atoms with Gasteiger partial charge in [0.2, 0.25) is 0 Å². The van der Waals surface area contributed by atoms with E-state index in [1.54, 1.807) is 6.21 Å². The standard InChI is InChI=1S/C13H10BrN3O3S/c14-10-5-11(21-7-10)6-15-16-12(18)8-1-3-9(4-2-8)13(19)17-20/h1-7,20H,(H,16,18)(H,17,19). The van der Waals surface area contributed by atoms with Gasteiger partial charge in [-0.25, -0.2) is 10.9 Å². The zero-order valence-electron chi connectivity index (χ0n) is 10.5. The van der Waals surface area contributed by atoms with Crippen molar-refractivity contribution in [3.05, 3.63) is 56.2 Å². The Morgan fingerprint density at radius 1 is 1.19 bits per heavy atom. The number of amides is 2. The predicted octanol–water partition coefficient (Wildman–Crippen LogP) is 2.39. The van der Waals surface area contributed by atoms with E-state index in [0.29, 0.717) is 5.56 Å². The Morgan fingerprint density at radius 3 is 2.33 bits per heavy atom. The smallest absolute Gasteiger partial charge is 0.274 e. The Hall–Kier alpha value is -2.03. The van der Waals surface area contributed by atoms with Crippen molar-refractivity contribution >= 4 is 45.3 Å². The number of benzene rings is 1. The zero-order valence-corrected chi connectivity index (χ0v) is 12.9. The molecule has 6 nitrogen and oxygen atoms in total. The zero-order chi connectivity index (χ0) is 15.2. The maximum absolute atomic E-state index is 11.8. The van der Waals surface area contributed by atoms with Gasteiger partial charge in [0.15, 0.2) is 0 Å². The van der Waals surface area contributed by atoms with Gasteiger partial charge in [0.05, 0.1) is 6.21 Å². The van der Waals surface area contributed by atoms with E-state index in [-0.39, 0.29) is 5.56 Å². The van der Waals surface area contributed by atoms with Crippen molar-refractivity contribution in [2.75, 3.05) is 0 Å². The quantitative estimate of drug-likeness (QED) is 0.440.